The molecular formula is C9H6BrClN4. The Balaban J connectivity index is 2.26. The van der Waals surface area contributed by atoms with Gasteiger partial charge in [-0.25, -0.2) is 9.97 Å². The largest absolute Gasteiger partial charge is 0.336 e. The van der Waals surface area contributed by atoms with E-state index in [9.17, 15) is 0 Å². The Morgan fingerprint density at radius 1 is 1.20 bits per heavy atom. The molecule has 6 heteroatoms. The lowest BCUT2D eigenvalue weighted by Crippen LogP contribution is -1.95. The monoisotopic (exact) mass is 284 g/mol. The summed E-state index contributed by atoms with van der Waals surface area (Å²) in [6.07, 6.45) is 6.48. The second kappa shape index (κ2) is 4.55. The van der Waals surface area contributed by atoms with Crippen molar-refractivity contribution in [2.75, 3.05) is 5.32 Å². The van der Waals surface area contributed by atoms with E-state index in [0.717, 1.165) is 10.2 Å². The van der Waals surface area contributed by atoms with Crippen molar-refractivity contribution in [1.82, 2.24) is 15.0 Å². The van der Waals surface area contributed by atoms with Crippen LogP contribution in [0.25, 0.3) is 0 Å². The Bertz CT molecular complexity index is 477. The molecular weight excluding hydrogens is 279 g/mol. The van der Waals surface area contributed by atoms with Crippen molar-refractivity contribution in [3.8, 4) is 0 Å². The van der Waals surface area contributed by atoms with Crippen molar-refractivity contribution in [2.24, 2.45) is 0 Å². The standard InChI is InChI=1S/C9H6BrClN4/c10-6-3-7(5-12-4-6)15-9-8(11)13-1-2-14-9/h1-5H,(H,14,15). The molecule has 0 saturated heterocycles. The van der Waals surface area contributed by atoms with E-state index in [0.29, 0.717) is 11.0 Å². The lowest BCUT2D eigenvalue weighted by molar-refractivity contribution is 1.19. The quantitative estimate of drug-likeness (QED) is 0.921. The van der Waals surface area contributed by atoms with Gasteiger partial charge in [0.25, 0.3) is 0 Å². The van der Waals surface area contributed by atoms with Crippen molar-refractivity contribution in [2.45, 2.75) is 0 Å². The van der Waals surface area contributed by atoms with E-state index in [1.807, 2.05) is 6.07 Å². The third kappa shape index (κ3) is 2.64. The smallest absolute Gasteiger partial charge is 0.171 e. The van der Waals surface area contributed by atoms with E-state index >= 15 is 0 Å². The van der Waals surface area contributed by atoms with E-state index in [-0.39, 0.29) is 0 Å². The second-order valence-electron chi connectivity index (χ2n) is 2.71. The van der Waals surface area contributed by atoms with Crippen LogP contribution in [0.5, 0.6) is 0 Å². The molecule has 0 amide bonds. The van der Waals surface area contributed by atoms with Crippen LogP contribution in [0.4, 0.5) is 11.5 Å². The van der Waals surface area contributed by atoms with Gasteiger partial charge in [-0.3, -0.25) is 4.98 Å². The molecule has 0 aliphatic carbocycles. The molecule has 0 fully saturated rings. The molecule has 4 nitrogen and oxygen atoms in total. The van der Waals surface area contributed by atoms with Crippen LogP contribution < -0.4 is 5.32 Å². The van der Waals surface area contributed by atoms with Gasteiger partial charge < -0.3 is 5.32 Å². The highest BCUT2D eigenvalue weighted by Gasteiger charge is 2.02. The summed E-state index contributed by atoms with van der Waals surface area (Å²) in [5.74, 6) is 0.513. The Labute approximate surface area is 99.9 Å². The van der Waals surface area contributed by atoms with Gasteiger partial charge in [-0.2, -0.15) is 0 Å². The van der Waals surface area contributed by atoms with Crippen molar-refractivity contribution in [1.29, 1.82) is 0 Å². The third-order valence-electron chi connectivity index (χ3n) is 1.62. The van der Waals surface area contributed by atoms with Crippen molar-refractivity contribution < 1.29 is 0 Å². The van der Waals surface area contributed by atoms with Gasteiger partial charge in [-0.15, -0.1) is 0 Å². The summed E-state index contributed by atoms with van der Waals surface area (Å²) in [4.78, 5) is 12.0. The van der Waals surface area contributed by atoms with Gasteiger partial charge in [-0.1, -0.05) is 11.6 Å². The lowest BCUT2D eigenvalue weighted by Gasteiger charge is -2.05. The number of pyridine rings is 1. The van der Waals surface area contributed by atoms with Crippen LogP contribution in [-0.4, -0.2) is 15.0 Å². The zero-order valence-corrected chi connectivity index (χ0v) is 9.83. The third-order valence-corrected chi connectivity index (χ3v) is 2.33. The Morgan fingerprint density at radius 2 is 2.00 bits per heavy atom. The minimum absolute atomic E-state index is 0.331. The second-order valence-corrected chi connectivity index (χ2v) is 3.99. The molecule has 0 atom stereocenters. The van der Waals surface area contributed by atoms with Crippen molar-refractivity contribution in [3.63, 3.8) is 0 Å². The van der Waals surface area contributed by atoms with Crippen molar-refractivity contribution in [3.05, 3.63) is 40.5 Å². The fraction of sp³-hybridized carbons (Fsp3) is 0. The van der Waals surface area contributed by atoms with Gasteiger partial charge in [-0.05, 0) is 22.0 Å². The topological polar surface area (TPSA) is 50.7 Å². The summed E-state index contributed by atoms with van der Waals surface area (Å²) in [6, 6.07) is 1.87. The minimum Gasteiger partial charge on any atom is -0.336 e. The fourth-order valence-corrected chi connectivity index (χ4v) is 1.54. The Kier molecular flexibility index (Phi) is 3.13. The molecule has 0 bridgehead atoms. The Morgan fingerprint density at radius 3 is 2.73 bits per heavy atom. The molecule has 15 heavy (non-hydrogen) atoms. The van der Waals surface area contributed by atoms with Crippen molar-refractivity contribution >= 4 is 39.0 Å². The molecule has 0 aliphatic heterocycles. The highest BCUT2D eigenvalue weighted by molar-refractivity contribution is 9.10. The number of nitrogens with one attached hydrogen (secondary N) is 1. The first-order chi connectivity index (χ1) is 7.25. The molecule has 0 spiro atoms. The van der Waals surface area contributed by atoms with E-state index in [1.54, 1.807) is 18.6 Å². The number of anilines is 2. The number of hydrogen-bond acceptors (Lipinski definition) is 4. The molecule has 0 saturated carbocycles. The number of hydrogen-bond donors (Lipinski definition) is 1. The van der Waals surface area contributed by atoms with Crippen LogP contribution in [0.1, 0.15) is 0 Å². The molecule has 2 heterocycles. The number of nitrogens with zero attached hydrogens (tertiary/aromatic N) is 3. The molecule has 76 valence electrons. The maximum absolute atomic E-state index is 5.85. The minimum atomic E-state index is 0.331. The average Bonchev–Trinajstić information content (AvgIpc) is 2.22. The predicted octanol–water partition coefficient (Wildman–Crippen LogP) is 3.03. The highest BCUT2D eigenvalue weighted by Crippen LogP contribution is 2.21. The maximum atomic E-state index is 5.85. The molecule has 0 aliphatic rings. The van der Waals surface area contributed by atoms with E-state index in [4.69, 9.17) is 11.6 Å². The van der Waals surface area contributed by atoms with Crippen LogP contribution in [-0.2, 0) is 0 Å². The van der Waals surface area contributed by atoms with Crippen LogP contribution >= 0.6 is 27.5 Å². The summed E-state index contributed by atoms with van der Waals surface area (Å²) >= 11 is 9.17. The molecule has 0 unspecified atom stereocenters. The SMILES string of the molecule is Clc1nccnc1Nc1cncc(Br)c1. The lowest BCUT2D eigenvalue weighted by atomic mass is 10.4. The number of aromatic nitrogens is 3. The summed E-state index contributed by atoms with van der Waals surface area (Å²) in [5, 5.41) is 3.35. The summed E-state index contributed by atoms with van der Waals surface area (Å²) in [7, 11) is 0. The average molecular weight is 286 g/mol. The van der Waals surface area contributed by atoms with E-state index in [1.165, 1.54) is 6.20 Å². The Hall–Kier alpha value is -1.20. The van der Waals surface area contributed by atoms with Crippen LogP contribution in [0.15, 0.2) is 35.3 Å². The highest BCUT2D eigenvalue weighted by atomic mass is 79.9. The van der Waals surface area contributed by atoms with Crippen LogP contribution in [0.3, 0.4) is 0 Å². The molecule has 2 aromatic rings. The van der Waals surface area contributed by atoms with E-state index < -0.39 is 0 Å². The molecule has 1 N–H and O–H groups in total. The molecule has 2 aromatic heterocycles. The molecule has 2 rings (SSSR count). The fourth-order valence-electron chi connectivity index (χ4n) is 1.02. The zero-order valence-electron chi connectivity index (χ0n) is 7.48. The van der Waals surface area contributed by atoms with Gasteiger partial charge in [0.15, 0.2) is 11.0 Å². The first-order valence-electron chi connectivity index (χ1n) is 4.10. The summed E-state index contributed by atoms with van der Waals surface area (Å²) in [6.45, 7) is 0. The summed E-state index contributed by atoms with van der Waals surface area (Å²) < 4.78 is 0.882. The van der Waals surface area contributed by atoms with Crippen LogP contribution in [0, 0.1) is 0 Å². The summed E-state index contributed by atoms with van der Waals surface area (Å²) in [5.41, 5.74) is 0.798. The van der Waals surface area contributed by atoms with Gasteiger partial charge >= 0.3 is 0 Å². The predicted molar refractivity (Wildman–Crippen MR) is 62.3 cm³/mol. The van der Waals surface area contributed by atoms with Gasteiger partial charge in [0.2, 0.25) is 0 Å². The van der Waals surface area contributed by atoms with Gasteiger partial charge in [0, 0.05) is 23.1 Å². The number of rotatable bonds is 2. The number of halogens is 2. The van der Waals surface area contributed by atoms with Gasteiger partial charge in [0.1, 0.15) is 0 Å². The zero-order chi connectivity index (χ0) is 10.7. The maximum Gasteiger partial charge on any atom is 0.171 e. The van der Waals surface area contributed by atoms with Gasteiger partial charge in [0.05, 0.1) is 11.9 Å². The van der Waals surface area contributed by atoms with E-state index in [2.05, 4.69) is 36.2 Å². The normalized spacial score (nSPS) is 10.0. The molecule has 0 aromatic carbocycles. The first kappa shape index (κ1) is 10.3. The first-order valence-corrected chi connectivity index (χ1v) is 5.27. The molecule has 0 radical (unpaired) electrons. The van der Waals surface area contributed by atoms with Crippen LogP contribution in [0.2, 0.25) is 5.15 Å².